The molecule has 0 saturated heterocycles. The highest BCUT2D eigenvalue weighted by Crippen LogP contribution is 2.29. The van der Waals surface area contributed by atoms with Crippen LogP contribution in [0.5, 0.6) is 0 Å². The summed E-state index contributed by atoms with van der Waals surface area (Å²) in [5, 5.41) is 5.43. The van der Waals surface area contributed by atoms with Gasteiger partial charge in [-0.25, -0.2) is 4.39 Å². The molecule has 1 amide bonds. The highest BCUT2D eigenvalue weighted by atomic mass is 19.4. The summed E-state index contributed by atoms with van der Waals surface area (Å²) in [5.74, 6) is -0.656. The topological polar surface area (TPSA) is 41.1 Å². The first kappa shape index (κ1) is 17.9. The second-order valence-corrected chi connectivity index (χ2v) is 5.18. The van der Waals surface area contributed by atoms with Crippen LogP contribution in [0.3, 0.4) is 0 Å². The van der Waals surface area contributed by atoms with Crippen molar-refractivity contribution < 1.29 is 22.4 Å². The van der Waals surface area contributed by atoms with Crippen LogP contribution in [0, 0.1) is 5.82 Å². The summed E-state index contributed by atoms with van der Waals surface area (Å²) in [4.78, 5) is 11.7. The van der Waals surface area contributed by atoms with E-state index in [4.69, 9.17) is 0 Å². The van der Waals surface area contributed by atoms with Crippen LogP contribution in [0.15, 0.2) is 48.5 Å². The van der Waals surface area contributed by atoms with Crippen LogP contribution in [-0.2, 0) is 17.4 Å². The van der Waals surface area contributed by atoms with Crippen LogP contribution in [0.25, 0.3) is 0 Å². The van der Waals surface area contributed by atoms with Crippen LogP contribution in [0.4, 0.5) is 23.2 Å². The average molecular weight is 340 g/mol. The van der Waals surface area contributed by atoms with E-state index in [1.807, 2.05) is 0 Å². The van der Waals surface area contributed by atoms with Crippen LogP contribution in [0.2, 0.25) is 0 Å². The number of carbonyl (C=O) groups excluding carboxylic acids is 1. The van der Waals surface area contributed by atoms with E-state index >= 15 is 0 Å². The van der Waals surface area contributed by atoms with Crippen LogP contribution in [-0.4, -0.2) is 19.0 Å². The molecule has 2 aromatic carbocycles. The third-order valence-corrected chi connectivity index (χ3v) is 3.29. The lowest BCUT2D eigenvalue weighted by Gasteiger charge is -2.09. The minimum atomic E-state index is -4.40. The fourth-order valence-electron chi connectivity index (χ4n) is 2.03. The molecule has 0 aliphatic carbocycles. The number of nitrogens with one attached hydrogen (secondary N) is 2. The first-order chi connectivity index (χ1) is 11.3. The van der Waals surface area contributed by atoms with Crippen LogP contribution < -0.4 is 10.6 Å². The van der Waals surface area contributed by atoms with Gasteiger partial charge in [0.05, 0.1) is 12.1 Å². The molecular formula is C17H16F4N2O. The number of alkyl halides is 3. The molecule has 24 heavy (non-hydrogen) atoms. The van der Waals surface area contributed by atoms with Crippen molar-refractivity contribution in [1.82, 2.24) is 5.32 Å². The van der Waals surface area contributed by atoms with E-state index in [9.17, 15) is 22.4 Å². The number of amides is 1. The summed E-state index contributed by atoms with van der Waals surface area (Å²) in [6, 6.07) is 10.3. The SMILES string of the molecule is O=C(CNCCc1ccc(F)cc1)Nc1ccc(C(F)(F)F)cc1. The predicted octanol–water partition coefficient (Wildman–Crippen LogP) is 3.62. The molecule has 0 aliphatic rings. The molecule has 7 heteroatoms. The van der Waals surface area contributed by atoms with Gasteiger partial charge in [-0.05, 0) is 54.9 Å². The zero-order valence-electron chi connectivity index (χ0n) is 12.7. The first-order valence-corrected chi connectivity index (χ1v) is 7.27. The van der Waals surface area contributed by atoms with Crippen molar-refractivity contribution in [2.75, 3.05) is 18.4 Å². The number of carbonyl (C=O) groups is 1. The van der Waals surface area contributed by atoms with E-state index in [2.05, 4.69) is 10.6 Å². The molecule has 0 bridgehead atoms. The maximum absolute atomic E-state index is 12.7. The first-order valence-electron chi connectivity index (χ1n) is 7.27. The van der Waals surface area contributed by atoms with Crippen molar-refractivity contribution in [2.45, 2.75) is 12.6 Å². The molecule has 0 heterocycles. The quantitative estimate of drug-likeness (QED) is 0.623. The second kappa shape index (κ2) is 7.92. The Morgan fingerprint density at radius 1 is 0.958 bits per heavy atom. The second-order valence-electron chi connectivity index (χ2n) is 5.18. The van der Waals surface area contributed by atoms with Gasteiger partial charge in [-0.3, -0.25) is 4.79 Å². The molecule has 128 valence electrons. The summed E-state index contributed by atoms with van der Waals surface area (Å²) in [6.45, 7) is 0.550. The fraction of sp³-hybridized carbons (Fsp3) is 0.235. The van der Waals surface area contributed by atoms with Gasteiger partial charge in [-0.15, -0.1) is 0 Å². The van der Waals surface area contributed by atoms with Crippen molar-refractivity contribution >= 4 is 11.6 Å². The zero-order chi connectivity index (χ0) is 17.6. The predicted molar refractivity (Wildman–Crippen MR) is 83.0 cm³/mol. The van der Waals surface area contributed by atoms with E-state index < -0.39 is 11.7 Å². The average Bonchev–Trinajstić information content (AvgIpc) is 2.53. The molecule has 0 unspecified atom stereocenters. The van der Waals surface area contributed by atoms with Gasteiger partial charge in [-0.2, -0.15) is 13.2 Å². The Morgan fingerprint density at radius 2 is 1.58 bits per heavy atom. The summed E-state index contributed by atoms with van der Waals surface area (Å²) >= 11 is 0. The fourth-order valence-corrected chi connectivity index (χ4v) is 2.03. The summed E-state index contributed by atoms with van der Waals surface area (Å²) in [7, 11) is 0. The van der Waals surface area contributed by atoms with Crippen molar-refractivity contribution in [3.8, 4) is 0 Å². The standard InChI is InChI=1S/C17H16F4N2O/c18-14-5-1-12(2-6-14)9-10-22-11-16(24)23-15-7-3-13(4-8-15)17(19,20)21/h1-8,22H,9-11H2,(H,23,24). The normalized spacial score (nSPS) is 11.3. The van der Waals surface area contributed by atoms with Gasteiger partial charge in [0, 0.05) is 5.69 Å². The van der Waals surface area contributed by atoms with Crippen LogP contribution in [0.1, 0.15) is 11.1 Å². The molecule has 0 atom stereocenters. The number of anilines is 1. The minimum absolute atomic E-state index is 0.0300. The molecular weight excluding hydrogens is 324 g/mol. The Morgan fingerprint density at radius 3 is 2.17 bits per heavy atom. The van der Waals surface area contributed by atoms with Gasteiger partial charge in [0.25, 0.3) is 0 Å². The van der Waals surface area contributed by atoms with Gasteiger partial charge >= 0.3 is 6.18 Å². The van der Waals surface area contributed by atoms with Crippen molar-refractivity contribution in [1.29, 1.82) is 0 Å². The lowest BCUT2D eigenvalue weighted by molar-refractivity contribution is -0.137. The highest BCUT2D eigenvalue weighted by Gasteiger charge is 2.29. The van der Waals surface area contributed by atoms with E-state index in [1.165, 1.54) is 24.3 Å². The molecule has 0 fully saturated rings. The zero-order valence-corrected chi connectivity index (χ0v) is 12.7. The Labute approximate surface area is 136 Å². The Bertz CT molecular complexity index is 666. The third kappa shape index (κ3) is 5.66. The Hall–Kier alpha value is -2.41. The van der Waals surface area contributed by atoms with Crippen molar-refractivity contribution in [2.24, 2.45) is 0 Å². The molecule has 0 aliphatic heterocycles. The summed E-state index contributed by atoms with van der Waals surface area (Å²) in [5.41, 5.74) is 0.471. The smallest absolute Gasteiger partial charge is 0.325 e. The van der Waals surface area contributed by atoms with E-state index in [1.54, 1.807) is 12.1 Å². The monoisotopic (exact) mass is 340 g/mol. The highest BCUT2D eigenvalue weighted by molar-refractivity contribution is 5.92. The molecule has 2 aromatic rings. The van der Waals surface area contributed by atoms with E-state index in [-0.39, 0.29) is 18.3 Å². The number of hydrogen-bond acceptors (Lipinski definition) is 2. The van der Waals surface area contributed by atoms with E-state index in [0.29, 0.717) is 18.7 Å². The van der Waals surface area contributed by atoms with Gasteiger partial charge in [-0.1, -0.05) is 12.1 Å². The molecule has 3 nitrogen and oxygen atoms in total. The molecule has 2 N–H and O–H groups in total. The number of halogens is 4. The Kier molecular flexibility index (Phi) is 5.92. The van der Waals surface area contributed by atoms with Gasteiger partial charge in [0.15, 0.2) is 0 Å². The van der Waals surface area contributed by atoms with Gasteiger partial charge < -0.3 is 10.6 Å². The van der Waals surface area contributed by atoms with Crippen molar-refractivity contribution in [3.05, 3.63) is 65.5 Å². The molecule has 0 aromatic heterocycles. The summed E-state index contributed by atoms with van der Waals surface area (Å²) < 4.78 is 50.0. The van der Waals surface area contributed by atoms with E-state index in [0.717, 1.165) is 17.7 Å². The van der Waals surface area contributed by atoms with Crippen molar-refractivity contribution in [3.63, 3.8) is 0 Å². The molecule has 0 spiro atoms. The number of hydrogen-bond donors (Lipinski definition) is 2. The molecule has 0 saturated carbocycles. The number of benzene rings is 2. The maximum atomic E-state index is 12.7. The van der Waals surface area contributed by atoms with Gasteiger partial charge in [0.1, 0.15) is 5.82 Å². The number of rotatable bonds is 6. The lowest BCUT2D eigenvalue weighted by Crippen LogP contribution is -2.29. The van der Waals surface area contributed by atoms with Gasteiger partial charge in [0.2, 0.25) is 5.91 Å². The Balaban J connectivity index is 1.72. The van der Waals surface area contributed by atoms with Crippen LogP contribution >= 0.6 is 0 Å². The summed E-state index contributed by atoms with van der Waals surface area (Å²) in [6.07, 6.45) is -3.77. The lowest BCUT2D eigenvalue weighted by atomic mass is 10.1. The maximum Gasteiger partial charge on any atom is 0.416 e. The minimum Gasteiger partial charge on any atom is -0.325 e. The largest absolute Gasteiger partial charge is 0.416 e. The molecule has 2 rings (SSSR count). The molecule has 0 radical (unpaired) electrons. The third-order valence-electron chi connectivity index (χ3n) is 3.29.